The second kappa shape index (κ2) is 8.45. The van der Waals surface area contributed by atoms with Gasteiger partial charge in [0, 0.05) is 24.5 Å². The van der Waals surface area contributed by atoms with E-state index < -0.39 is 0 Å². The molecule has 1 aliphatic heterocycles. The number of pyridine rings is 1. The van der Waals surface area contributed by atoms with Gasteiger partial charge in [0.15, 0.2) is 0 Å². The van der Waals surface area contributed by atoms with E-state index in [1.54, 1.807) is 13.3 Å². The van der Waals surface area contributed by atoms with Gasteiger partial charge in [0.05, 0.1) is 19.8 Å². The first kappa shape index (κ1) is 19.2. The number of methoxy groups -OCH3 is 1. The number of ether oxygens (including phenoxy) is 2. The van der Waals surface area contributed by atoms with Gasteiger partial charge in [-0.25, -0.2) is 0 Å². The van der Waals surface area contributed by atoms with Crippen molar-refractivity contribution < 1.29 is 14.3 Å². The zero-order chi connectivity index (χ0) is 20.2. The van der Waals surface area contributed by atoms with Gasteiger partial charge < -0.3 is 14.4 Å². The van der Waals surface area contributed by atoms with Crippen LogP contribution in [0.2, 0.25) is 0 Å². The van der Waals surface area contributed by atoms with Gasteiger partial charge in [0.2, 0.25) is 5.91 Å². The van der Waals surface area contributed by atoms with Crippen LogP contribution in [0.3, 0.4) is 0 Å². The van der Waals surface area contributed by atoms with Crippen LogP contribution in [0.4, 0.5) is 0 Å². The molecule has 29 heavy (non-hydrogen) atoms. The van der Waals surface area contributed by atoms with Crippen molar-refractivity contribution in [3.05, 3.63) is 83.7 Å². The number of aromatic nitrogens is 1. The van der Waals surface area contributed by atoms with Gasteiger partial charge in [-0.15, -0.1) is 0 Å². The third-order valence-corrected chi connectivity index (χ3v) is 5.26. The standard InChI is InChI=1S/C24H24N2O3/c1-17-6-8-18(9-7-17)14-26-23(15-29-16-24(26)27)22-13-25-11-10-21(22)19-4-3-5-20(12-19)28-2/h3-13,23H,14-16H2,1-2H3. The molecule has 1 aromatic heterocycles. The average molecular weight is 388 g/mol. The van der Waals surface area contributed by atoms with Crippen LogP contribution < -0.4 is 4.74 Å². The summed E-state index contributed by atoms with van der Waals surface area (Å²) in [5.41, 5.74) is 5.32. The molecule has 0 spiro atoms. The molecule has 1 aliphatic rings. The lowest BCUT2D eigenvalue weighted by Crippen LogP contribution is -2.43. The number of hydrogen-bond acceptors (Lipinski definition) is 4. The Morgan fingerprint density at radius 2 is 2.00 bits per heavy atom. The molecule has 0 radical (unpaired) electrons. The number of benzene rings is 2. The van der Waals surface area contributed by atoms with Crippen LogP contribution in [0.1, 0.15) is 22.7 Å². The highest BCUT2D eigenvalue weighted by Crippen LogP contribution is 2.34. The van der Waals surface area contributed by atoms with Gasteiger partial charge in [-0.3, -0.25) is 9.78 Å². The maximum atomic E-state index is 12.8. The van der Waals surface area contributed by atoms with E-state index in [0.717, 1.165) is 28.0 Å². The second-order valence-corrected chi connectivity index (χ2v) is 7.23. The van der Waals surface area contributed by atoms with Crippen molar-refractivity contribution in [2.45, 2.75) is 19.5 Å². The lowest BCUT2D eigenvalue weighted by molar-refractivity contribution is -0.149. The molecule has 4 rings (SSSR count). The summed E-state index contributed by atoms with van der Waals surface area (Å²) in [5.74, 6) is 0.778. The number of amides is 1. The molecule has 0 bridgehead atoms. The Kier molecular flexibility index (Phi) is 5.58. The molecular weight excluding hydrogens is 364 g/mol. The summed E-state index contributed by atoms with van der Waals surface area (Å²) in [5, 5.41) is 0. The van der Waals surface area contributed by atoms with Crippen molar-refractivity contribution >= 4 is 5.91 Å². The summed E-state index contributed by atoms with van der Waals surface area (Å²) >= 11 is 0. The maximum Gasteiger partial charge on any atom is 0.249 e. The molecule has 2 heterocycles. The molecule has 1 fully saturated rings. The molecule has 0 saturated carbocycles. The molecule has 1 saturated heterocycles. The molecule has 0 aliphatic carbocycles. The van der Waals surface area contributed by atoms with Gasteiger partial charge >= 0.3 is 0 Å². The van der Waals surface area contributed by atoms with Crippen LogP contribution >= 0.6 is 0 Å². The lowest BCUT2D eigenvalue weighted by Gasteiger charge is -2.36. The molecule has 3 aromatic rings. The average Bonchev–Trinajstić information content (AvgIpc) is 2.76. The van der Waals surface area contributed by atoms with Crippen molar-refractivity contribution in [3.63, 3.8) is 0 Å². The fraction of sp³-hybridized carbons (Fsp3) is 0.250. The fourth-order valence-electron chi connectivity index (χ4n) is 3.68. The molecule has 1 amide bonds. The highest BCUT2D eigenvalue weighted by Gasteiger charge is 2.32. The third-order valence-electron chi connectivity index (χ3n) is 5.26. The van der Waals surface area contributed by atoms with E-state index in [-0.39, 0.29) is 18.6 Å². The first-order valence-corrected chi connectivity index (χ1v) is 9.67. The second-order valence-electron chi connectivity index (χ2n) is 7.23. The minimum absolute atomic E-state index is 0.0118. The van der Waals surface area contributed by atoms with Crippen molar-refractivity contribution in [3.8, 4) is 16.9 Å². The monoisotopic (exact) mass is 388 g/mol. The SMILES string of the molecule is COc1cccc(-c2ccncc2C2COCC(=O)N2Cc2ccc(C)cc2)c1. The smallest absolute Gasteiger partial charge is 0.249 e. The summed E-state index contributed by atoms with van der Waals surface area (Å²) in [7, 11) is 1.66. The Labute approximate surface area is 170 Å². The van der Waals surface area contributed by atoms with Crippen LogP contribution in [0.15, 0.2) is 67.0 Å². The highest BCUT2D eigenvalue weighted by molar-refractivity contribution is 5.79. The van der Waals surface area contributed by atoms with Crippen LogP contribution in [0.25, 0.3) is 11.1 Å². The summed E-state index contributed by atoms with van der Waals surface area (Å²) in [6.07, 6.45) is 3.61. The molecule has 1 unspecified atom stereocenters. The highest BCUT2D eigenvalue weighted by atomic mass is 16.5. The Morgan fingerprint density at radius 1 is 1.17 bits per heavy atom. The minimum atomic E-state index is -0.201. The van der Waals surface area contributed by atoms with E-state index in [9.17, 15) is 4.79 Å². The normalized spacial score (nSPS) is 16.7. The van der Waals surface area contributed by atoms with Gasteiger partial charge in [-0.2, -0.15) is 0 Å². The van der Waals surface area contributed by atoms with Gasteiger partial charge in [-0.1, -0.05) is 42.0 Å². The van der Waals surface area contributed by atoms with E-state index in [1.807, 2.05) is 41.4 Å². The number of nitrogens with zero attached hydrogens (tertiary/aromatic N) is 2. The minimum Gasteiger partial charge on any atom is -0.497 e. The first-order valence-electron chi connectivity index (χ1n) is 9.67. The summed E-state index contributed by atoms with van der Waals surface area (Å²) < 4.78 is 11.0. The molecule has 2 aromatic carbocycles. The molecule has 5 heteroatoms. The number of rotatable bonds is 5. The fourth-order valence-corrected chi connectivity index (χ4v) is 3.68. The zero-order valence-corrected chi connectivity index (χ0v) is 16.7. The van der Waals surface area contributed by atoms with Gasteiger partial charge in [0.25, 0.3) is 0 Å². The number of carbonyl (C=O) groups excluding carboxylic acids is 1. The van der Waals surface area contributed by atoms with Crippen molar-refractivity contribution in [1.29, 1.82) is 0 Å². The van der Waals surface area contributed by atoms with E-state index in [2.05, 4.69) is 36.2 Å². The molecule has 0 N–H and O–H groups in total. The van der Waals surface area contributed by atoms with Crippen LogP contribution in [0, 0.1) is 6.92 Å². The number of morpholine rings is 1. The van der Waals surface area contributed by atoms with Crippen molar-refractivity contribution in [2.24, 2.45) is 0 Å². The summed E-state index contributed by atoms with van der Waals surface area (Å²) in [6.45, 7) is 3.15. The third kappa shape index (κ3) is 4.15. The van der Waals surface area contributed by atoms with Crippen molar-refractivity contribution in [2.75, 3.05) is 20.3 Å². The molecular formula is C24H24N2O3. The first-order chi connectivity index (χ1) is 14.2. The predicted octanol–water partition coefficient (Wildman–Crippen LogP) is 4.17. The summed E-state index contributed by atoms with van der Waals surface area (Å²) in [4.78, 5) is 19.0. The van der Waals surface area contributed by atoms with E-state index in [1.165, 1.54) is 5.56 Å². The predicted molar refractivity (Wildman–Crippen MR) is 112 cm³/mol. The van der Waals surface area contributed by atoms with Gasteiger partial charge in [-0.05, 0) is 41.8 Å². The molecule has 1 atom stereocenters. The number of aryl methyl sites for hydroxylation is 1. The number of hydrogen-bond donors (Lipinski definition) is 0. The topological polar surface area (TPSA) is 51.7 Å². The van der Waals surface area contributed by atoms with E-state index in [0.29, 0.717) is 13.2 Å². The Bertz CT molecular complexity index is 1000. The van der Waals surface area contributed by atoms with E-state index in [4.69, 9.17) is 9.47 Å². The Morgan fingerprint density at radius 3 is 2.79 bits per heavy atom. The Hall–Kier alpha value is -3.18. The van der Waals surface area contributed by atoms with E-state index >= 15 is 0 Å². The molecule has 148 valence electrons. The van der Waals surface area contributed by atoms with Crippen LogP contribution in [-0.2, 0) is 16.1 Å². The van der Waals surface area contributed by atoms with Crippen molar-refractivity contribution in [1.82, 2.24) is 9.88 Å². The maximum absolute atomic E-state index is 12.8. The zero-order valence-electron chi connectivity index (χ0n) is 16.7. The summed E-state index contributed by atoms with van der Waals surface area (Å²) in [6, 6.07) is 18.0. The number of carbonyl (C=O) groups is 1. The van der Waals surface area contributed by atoms with Crippen LogP contribution in [0.5, 0.6) is 5.75 Å². The van der Waals surface area contributed by atoms with Gasteiger partial charge in [0.1, 0.15) is 12.4 Å². The Balaban J connectivity index is 1.71. The van der Waals surface area contributed by atoms with Crippen LogP contribution in [-0.4, -0.2) is 36.1 Å². The quantitative estimate of drug-likeness (QED) is 0.658. The molecule has 5 nitrogen and oxygen atoms in total. The largest absolute Gasteiger partial charge is 0.497 e. The lowest BCUT2D eigenvalue weighted by atomic mass is 9.95.